The molecule has 3 heterocycles. The number of ether oxygens (including phenoxy) is 2. The van der Waals surface area contributed by atoms with Gasteiger partial charge in [0.05, 0.1) is 62.4 Å². The summed E-state index contributed by atoms with van der Waals surface area (Å²) in [5.74, 6) is 0.921. The first-order valence-corrected chi connectivity index (χ1v) is 28.0. The van der Waals surface area contributed by atoms with Gasteiger partial charge in [-0.25, -0.2) is 4.98 Å². The number of nitrogens with zero attached hydrogens (tertiary/aromatic N) is 4. The Bertz CT molecular complexity index is 6230. The Morgan fingerprint density at radius 2 is 0.920 bits per heavy atom. The van der Waals surface area contributed by atoms with E-state index < -0.39 is 156 Å². The van der Waals surface area contributed by atoms with E-state index in [1.165, 1.54) is 12.3 Å². The molecular formula is C82H62N4O2. The van der Waals surface area contributed by atoms with Gasteiger partial charge in [0, 0.05) is 63.1 Å². The number of benzene rings is 12. The maximum Gasteiger partial charge on any atom is 0.143 e. The maximum atomic E-state index is 9.27. The van der Waals surface area contributed by atoms with Crippen molar-refractivity contribution in [2.45, 2.75) is 26.2 Å². The Morgan fingerprint density at radius 1 is 0.386 bits per heavy atom. The van der Waals surface area contributed by atoms with Gasteiger partial charge in [0.1, 0.15) is 35.5 Å². The average molecular weight is 1160 g/mol. The monoisotopic (exact) mass is 1160 g/mol. The summed E-state index contributed by atoms with van der Waals surface area (Å²) in [4.78, 5) is 8.64. The van der Waals surface area contributed by atoms with Crippen LogP contribution < -0.4 is 19.3 Å². The smallest absolute Gasteiger partial charge is 0.143 e. The van der Waals surface area contributed by atoms with Crippen LogP contribution >= 0.6 is 0 Å². The summed E-state index contributed by atoms with van der Waals surface area (Å²) in [5.41, 5.74) is 3.77. The van der Waals surface area contributed by atoms with Gasteiger partial charge in [-0.2, -0.15) is 0 Å². The van der Waals surface area contributed by atoms with Crippen molar-refractivity contribution >= 4 is 44.6 Å². The van der Waals surface area contributed by atoms with Crippen LogP contribution in [0.3, 0.4) is 0 Å². The van der Waals surface area contributed by atoms with Crippen LogP contribution in [0.1, 0.15) is 60.6 Å². The molecular weight excluding hydrogens is 1070 g/mol. The minimum atomic E-state index is -0.633. The number of rotatable bonds is 13. The summed E-state index contributed by atoms with van der Waals surface area (Å²) in [6.07, 6.45) is 1.47. The molecule has 0 aliphatic carbocycles. The fourth-order valence-corrected chi connectivity index (χ4v) is 11.3. The van der Waals surface area contributed by atoms with E-state index in [0.717, 1.165) is 0 Å². The number of pyridine rings is 1. The Labute approximate surface area is 549 Å². The van der Waals surface area contributed by atoms with Crippen LogP contribution in [-0.4, -0.2) is 16.2 Å². The molecule has 12 aromatic carbocycles. The zero-order chi connectivity index (χ0) is 80.9. The maximum absolute atomic E-state index is 9.27. The van der Waals surface area contributed by atoms with Gasteiger partial charge < -0.3 is 19.3 Å². The molecule has 6 heteroatoms. The molecule has 0 spiro atoms. The van der Waals surface area contributed by atoms with E-state index in [0.29, 0.717) is 66.9 Å². The lowest BCUT2D eigenvalue weighted by molar-refractivity contribution is 0.483. The van der Waals surface area contributed by atoms with Gasteiger partial charge in [0.25, 0.3) is 0 Å². The summed E-state index contributed by atoms with van der Waals surface area (Å²) < 4.78 is 236. The lowest BCUT2D eigenvalue weighted by Crippen LogP contribution is -2.24. The molecule has 15 rings (SSSR count). The fraction of sp³-hybridized carbons (Fsp3) is 0.0610. The molecule has 0 N–H and O–H groups in total. The Hall–Kier alpha value is -11.2. The molecule has 0 bridgehead atoms. The summed E-state index contributed by atoms with van der Waals surface area (Å²) in [5, 5.41) is 1.11. The highest BCUT2D eigenvalue weighted by atomic mass is 16.5. The first-order valence-electron chi connectivity index (χ1n) is 40.5. The number of hydrogen-bond donors (Lipinski definition) is 0. The molecule has 0 saturated heterocycles. The van der Waals surface area contributed by atoms with Gasteiger partial charge in [0.2, 0.25) is 0 Å². The van der Waals surface area contributed by atoms with Crippen molar-refractivity contribution in [3.8, 4) is 95.6 Å². The first-order chi connectivity index (χ1) is 53.6. The highest BCUT2D eigenvalue weighted by molar-refractivity contribution is 6.11. The van der Waals surface area contributed by atoms with E-state index in [1.807, 2.05) is 49.9 Å². The third-order valence-corrected chi connectivity index (χ3v) is 15.3. The molecule has 14 aromatic rings. The second-order valence-corrected chi connectivity index (χ2v) is 21.7. The van der Waals surface area contributed by atoms with Crippen molar-refractivity contribution in [1.29, 1.82) is 0 Å². The molecule has 1 aliphatic heterocycles. The predicted octanol–water partition coefficient (Wildman–Crippen LogP) is 22.3. The largest absolute Gasteiger partial charge is 0.457 e. The van der Waals surface area contributed by atoms with Crippen molar-refractivity contribution in [1.82, 2.24) is 9.55 Å². The van der Waals surface area contributed by atoms with Gasteiger partial charge in [-0.15, -0.1) is 0 Å². The third kappa shape index (κ3) is 10.2. The number of fused-ring (bicyclic) bond motifs is 4. The van der Waals surface area contributed by atoms with Crippen LogP contribution in [0, 0.1) is 0 Å². The van der Waals surface area contributed by atoms with E-state index in [-0.39, 0.29) is 85.5 Å². The molecule has 422 valence electrons. The SMILES string of the molecule is [2H]c1c([2H])c([2H])c(-c2cc(-c3cccc(-c4c([2H])c([2H])c([2H])c([2H])c4[2H])c3Oc3ccnc(-n4c5ccc(-c6c([2H])c([2H])c([2H])c([2H])c6[2H])cc5c5ccc(Oc6cccc(N7CN(c8c(-c9c([2H])c([2H])c([2H])c([2H])c9[2H])cccc8-c8c([2H])c([2H])c([2H])c([2H])c8[2H])c8ccccc87)c6)cc54)c3)cc(C(C)(C)C)c2)c([2H])c1[2H]. The topological polar surface area (TPSA) is 42.8 Å². The van der Waals surface area contributed by atoms with E-state index >= 15 is 0 Å². The molecule has 2 aromatic heterocycles. The van der Waals surface area contributed by atoms with Crippen molar-refractivity contribution in [2.24, 2.45) is 0 Å². The van der Waals surface area contributed by atoms with E-state index in [4.69, 9.17) is 40.5 Å². The molecule has 1 aliphatic rings. The fourth-order valence-electron chi connectivity index (χ4n) is 11.3. The molecule has 88 heavy (non-hydrogen) atoms. The number of para-hydroxylation sites is 4. The van der Waals surface area contributed by atoms with Gasteiger partial charge in [-0.05, 0) is 116 Å². The van der Waals surface area contributed by atoms with Gasteiger partial charge in [-0.3, -0.25) is 4.57 Å². The highest BCUT2D eigenvalue weighted by Gasteiger charge is 2.32. The van der Waals surface area contributed by atoms with Gasteiger partial charge in [0.15, 0.2) is 0 Å². The summed E-state index contributed by atoms with van der Waals surface area (Å²) in [6.45, 7) is 5.78. The zero-order valence-corrected chi connectivity index (χ0v) is 47.3. The standard InChI is InChI=1S/C82H62N4O2/c1-82(2,3)64-49-62(57-26-11-5-12-27-57)48-63(50-64)72-39-23-38-71(60-32-17-8-18-33-60)81(72)88-68-46-47-83-79(54-68)86-75-45-42-61(56-24-9-4-10-25-56)51-74(75)73-44-43-67(53-78(73)86)87-66-35-21-34-65(52-66)84-55-85(77-41-20-19-40-76(77)84)80-69(58-28-13-6-14-29-58)36-22-37-70(80)59-30-15-7-16-31-59/h4-54H,55H2,1-3H3/i4D,5D,6D,7D,8D,9D,10D,11D,12D,13D,14D,15D,16D,17D,18D,24D,25D,26D,27D,28D,29D,30D,31D,32D,33D. The summed E-state index contributed by atoms with van der Waals surface area (Å²) in [7, 11) is 0. The Balaban J connectivity index is 0.878. The van der Waals surface area contributed by atoms with Gasteiger partial charge >= 0.3 is 0 Å². The quantitative estimate of drug-likeness (QED) is 0.115. The van der Waals surface area contributed by atoms with Crippen molar-refractivity contribution in [2.75, 3.05) is 16.5 Å². The molecule has 0 atom stereocenters. The average Bonchev–Trinajstić information content (AvgIpc) is 1.70. The van der Waals surface area contributed by atoms with Crippen LogP contribution in [0.4, 0.5) is 22.7 Å². The van der Waals surface area contributed by atoms with Crippen LogP contribution in [0.15, 0.2) is 309 Å². The second-order valence-electron chi connectivity index (χ2n) is 21.7. The molecule has 0 unspecified atom stereocenters. The minimum Gasteiger partial charge on any atom is -0.457 e. The molecule has 0 fully saturated rings. The Morgan fingerprint density at radius 3 is 1.56 bits per heavy atom. The second kappa shape index (κ2) is 22.7. The minimum absolute atomic E-state index is 0.00829. The number of aromatic nitrogens is 2. The normalized spacial score (nSPS) is 16.1. The summed E-state index contributed by atoms with van der Waals surface area (Å²) in [6, 6.07) is 28.8. The summed E-state index contributed by atoms with van der Waals surface area (Å²) >= 11 is 0. The lowest BCUT2D eigenvalue weighted by Gasteiger charge is -2.27. The molecule has 0 saturated carbocycles. The first kappa shape index (κ1) is 32.9. The predicted molar refractivity (Wildman–Crippen MR) is 365 cm³/mol. The van der Waals surface area contributed by atoms with E-state index in [9.17, 15) is 8.22 Å². The number of hydrogen-bond acceptors (Lipinski definition) is 5. The Kier molecular flexibility index (Phi) is 8.47. The van der Waals surface area contributed by atoms with E-state index in [2.05, 4.69) is 0 Å². The zero-order valence-electron chi connectivity index (χ0n) is 72.3. The van der Waals surface area contributed by atoms with Gasteiger partial charge in [-0.1, -0.05) is 245 Å². The van der Waals surface area contributed by atoms with Crippen LogP contribution in [-0.2, 0) is 5.41 Å². The van der Waals surface area contributed by atoms with Crippen molar-refractivity contribution < 1.29 is 43.7 Å². The molecule has 0 amide bonds. The van der Waals surface area contributed by atoms with Crippen LogP contribution in [0.2, 0.25) is 0 Å². The molecule has 6 nitrogen and oxygen atoms in total. The van der Waals surface area contributed by atoms with Crippen molar-refractivity contribution in [3.05, 3.63) is 314 Å². The highest BCUT2D eigenvalue weighted by Crippen LogP contribution is 2.51. The molecule has 0 radical (unpaired) electrons. The van der Waals surface area contributed by atoms with Crippen LogP contribution in [0.5, 0.6) is 23.0 Å². The van der Waals surface area contributed by atoms with Crippen LogP contribution in [0.25, 0.3) is 94.4 Å². The van der Waals surface area contributed by atoms with E-state index in [1.54, 1.807) is 131 Å². The third-order valence-electron chi connectivity index (χ3n) is 15.3. The lowest BCUT2D eigenvalue weighted by atomic mass is 9.83. The van der Waals surface area contributed by atoms with Crippen molar-refractivity contribution in [3.63, 3.8) is 0 Å². The number of anilines is 4.